The summed E-state index contributed by atoms with van der Waals surface area (Å²) >= 11 is 0. The van der Waals surface area contributed by atoms with E-state index in [1.54, 1.807) is 0 Å². The lowest BCUT2D eigenvalue weighted by Crippen LogP contribution is -2.25. The fourth-order valence-electron chi connectivity index (χ4n) is 2.52. The average Bonchev–Trinajstić information content (AvgIpc) is 2.75. The Morgan fingerprint density at radius 3 is 2.89 bits per heavy atom. The molecule has 1 unspecified atom stereocenters. The van der Waals surface area contributed by atoms with Crippen LogP contribution in [-0.2, 0) is 19.4 Å². The molecule has 0 spiro atoms. The van der Waals surface area contributed by atoms with E-state index in [1.165, 1.54) is 16.8 Å². The van der Waals surface area contributed by atoms with Gasteiger partial charge in [-0.25, -0.2) is 4.98 Å². The van der Waals surface area contributed by atoms with Gasteiger partial charge in [0.1, 0.15) is 5.82 Å². The Morgan fingerprint density at radius 1 is 1.33 bits per heavy atom. The first-order chi connectivity index (χ1) is 8.72. The van der Waals surface area contributed by atoms with Gasteiger partial charge in [0, 0.05) is 18.3 Å². The number of nitrogens with zero attached hydrogens (tertiary/aromatic N) is 2. The number of hydrogen-bond acceptors (Lipinski definition) is 2. The lowest BCUT2D eigenvalue weighted by molar-refractivity contribution is 0.130. The highest BCUT2D eigenvalue weighted by Crippen LogP contribution is 2.19. The zero-order valence-corrected chi connectivity index (χ0v) is 10.6. The summed E-state index contributed by atoms with van der Waals surface area (Å²) in [4.78, 5) is 4.50. The van der Waals surface area contributed by atoms with Crippen LogP contribution in [0.15, 0.2) is 30.5 Å². The van der Waals surface area contributed by atoms with Gasteiger partial charge in [-0.3, -0.25) is 0 Å². The fourth-order valence-corrected chi connectivity index (χ4v) is 2.52. The number of hydrogen-bond donors (Lipinski definition) is 1. The largest absolute Gasteiger partial charge is 0.391 e. The predicted octanol–water partition coefficient (Wildman–Crippen LogP) is 2.09. The molecular formula is C15H18N2O. The number of benzene rings is 1. The second-order valence-corrected chi connectivity index (χ2v) is 5.13. The molecule has 1 aliphatic heterocycles. The van der Waals surface area contributed by atoms with Crippen molar-refractivity contribution in [2.75, 3.05) is 0 Å². The highest BCUT2D eigenvalue weighted by Gasteiger charge is 2.19. The van der Waals surface area contributed by atoms with Gasteiger partial charge in [0.15, 0.2) is 0 Å². The monoisotopic (exact) mass is 242 g/mol. The lowest BCUT2D eigenvalue weighted by atomic mass is 10.1. The normalized spacial score (nSPS) is 18.7. The first-order valence-electron chi connectivity index (χ1n) is 6.49. The van der Waals surface area contributed by atoms with Gasteiger partial charge >= 0.3 is 0 Å². The second-order valence-electron chi connectivity index (χ2n) is 5.13. The van der Waals surface area contributed by atoms with Gasteiger partial charge in [0.2, 0.25) is 0 Å². The number of rotatable bonds is 2. The van der Waals surface area contributed by atoms with Crippen LogP contribution in [0.25, 0.3) is 0 Å². The van der Waals surface area contributed by atoms with Crippen molar-refractivity contribution in [1.29, 1.82) is 0 Å². The van der Waals surface area contributed by atoms with Gasteiger partial charge < -0.3 is 9.67 Å². The highest BCUT2D eigenvalue weighted by atomic mass is 16.3. The molecule has 1 atom stereocenters. The van der Waals surface area contributed by atoms with Crippen molar-refractivity contribution in [2.45, 2.75) is 38.8 Å². The van der Waals surface area contributed by atoms with Crippen molar-refractivity contribution in [1.82, 2.24) is 9.55 Å². The topological polar surface area (TPSA) is 38.0 Å². The van der Waals surface area contributed by atoms with Gasteiger partial charge in [-0.15, -0.1) is 0 Å². The summed E-state index contributed by atoms with van der Waals surface area (Å²) in [6, 6.07) is 8.56. The summed E-state index contributed by atoms with van der Waals surface area (Å²) in [5.74, 6) is 1.06. The number of imidazole rings is 1. The van der Waals surface area contributed by atoms with E-state index in [4.69, 9.17) is 0 Å². The van der Waals surface area contributed by atoms with Crippen molar-refractivity contribution < 1.29 is 5.11 Å². The number of aromatic nitrogens is 2. The number of fused-ring (bicyclic) bond motifs is 1. The van der Waals surface area contributed by atoms with Gasteiger partial charge in [0.25, 0.3) is 0 Å². The summed E-state index contributed by atoms with van der Waals surface area (Å²) in [6.45, 7) is 2.79. The molecule has 0 amide bonds. The van der Waals surface area contributed by atoms with Crippen molar-refractivity contribution in [3.63, 3.8) is 0 Å². The van der Waals surface area contributed by atoms with Crippen LogP contribution in [0.4, 0.5) is 0 Å². The first-order valence-corrected chi connectivity index (χ1v) is 6.49. The van der Waals surface area contributed by atoms with Crippen LogP contribution < -0.4 is 0 Å². The first kappa shape index (κ1) is 11.5. The van der Waals surface area contributed by atoms with E-state index in [0.29, 0.717) is 6.54 Å². The molecule has 2 aromatic rings. The van der Waals surface area contributed by atoms with Gasteiger partial charge in [-0.1, -0.05) is 29.8 Å². The maximum absolute atomic E-state index is 9.75. The van der Waals surface area contributed by atoms with Crippen LogP contribution in [0.5, 0.6) is 0 Å². The van der Waals surface area contributed by atoms with Crippen LogP contribution >= 0.6 is 0 Å². The predicted molar refractivity (Wildman–Crippen MR) is 70.5 cm³/mol. The van der Waals surface area contributed by atoms with Crippen LogP contribution in [0, 0.1) is 6.92 Å². The van der Waals surface area contributed by atoms with Crippen molar-refractivity contribution in [3.8, 4) is 0 Å². The standard InChI is InChI=1S/C15H18N2O/c1-11-2-4-12(5-3-11)8-15-16-9-13-6-7-14(18)10-17(13)15/h2-5,9,14,18H,6-8,10H2,1H3. The maximum Gasteiger partial charge on any atom is 0.113 e. The molecule has 2 heterocycles. The molecule has 0 bridgehead atoms. The molecule has 1 N–H and O–H groups in total. The van der Waals surface area contributed by atoms with Crippen molar-refractivity contribution in [3.05, 3.63) is 53.1 Å². The minimum Gasteiger partial charge on any atom is -0.391 e. The molecule has 0 saturated carbocycles. The molecular weight excluding hydrogens is 224 g/mol. The SMILES string of the molecule is Cc1ccc(Cc2ncc3n2CC(O)CC3)cc1. The summed E-state index contributed by atoms with van der Waals surface area (Å²) in [7, 11) is 0. The van der Waals surface area contributed by atoms with Crippen molar-refractivity contribution in [2.24, 2.45) is 0 Å². The molecule has 1 aromatic heterocycles. The minimum absolute atomic E-state index is 0.219. The molecule has 94 valence electrons. The quantitative estimate of drug-likeness (QED) is 0.875. The Hall–Kier alpha value is -1.61. The number of aliphatic hydroxyl groups is 1. The van der Waals surface area contributed by atoms with Crippen LogP contribution in [0.2, 0.25) is 0 Å². The Morgan fingerprint density at radius 2 is 2.11 bits per heavy atom. The third-order valence-electron chi connectivity index (χ3n) is 3.63. The summed E-state index contributed by atoms with van der Waals surface area (Å²) in [6.07, 6.45) is 4.36. The molecule has 0 saturated heterocycles. The molecule has 0 radical (unpaired) electrons. The molecule has 3 rings (SSSR count). The van der Waals surface area contributed by atoms with Gasteiger partial charge in [0.05, 0.1) is 12.6 Å². The minimum atomic E-state index is -0.219. The van der Waals surface area contributed by atoms with E-state index in [1.807, 2.05) is 6.20 Å². The van der Waals surface area contributed by atoms with Crippen LogP contribution in [0.1, 0.15) is 29.1 Å². The zero-order valence-electron chi connectivity index (χ0n) is 10.6. The molecule has 0 fully saturated rings. The van der Waals surface area contributed by atoms with E-state index in [2.05, 4.69) is 40.7 Å². The molecule has 0 aliphatic carbocycles. The molecule has 3 nitrogen and oxygen atoms in total. The smallest absolute Gasteiger partial charge is 0.113 e. The fraction of sp³-hybridized carbons (Fsp3) is 0.400. The van der Waals surface area contributed by atoms with E-state index in [0.717, 1.165) is 25.1 Å². The molecule has 1 aromatic carbocycles. The molecule has 1 aliphatic rings. The number of aliphatic hydroxyl groups excluding tert-OH is 1. The number of aryl methyl sites for hydroxylation is 2. The molecule has 3 heteroatoms. The Balaban J connectivity index is 1.85. The van der Waals surface area contributed by atoms with E-state index in [9.17, 15) is 5.11 Å². The Kier molecular flexibility index (Phi) is 2.92. The van der Waals surface area contributed by atoms with E-state index in [-0.39, 0.29) is 6.10 Å². The summed E-state index contributed by atoms with van der Waals surface area (Å²) in [5.41, 5.74) is 3.80. The Labute approximate surface area is 107 Å². The average molecular weight is 242 g/mol. The molecule has 18 heavy (non-hydrogen) atoms. The maximum atomic E-state index is 9.75. The van der Waals surface area contributed by atoms with Crippen molar-refractivity contribution >= 4 is 0 Å². The lowest BCUT2D eigenvalue weighted by Gasteiger charge is -2.21. The van der Waals surface area contributed by atoms with Gasteiger partial charge in [-0.05, 0) is 25.3 Å². The Bertz CT molecular complexity index is 542. The van der Waals surface area contributed by atoms with E-state index >= 15 is 0 Å². The summed E-state index contributed by atoms with van der Waals surface area (Å²) < 4.78 is 2.17. The third kappa shape index (κ3) is 2.18. The summed E-state index contributed by atoms with van der Waals surface area (Å²) in [5, 5.41) is 9.75. The van der Waals surface area contributed by atoms with Crippen LogP contribution in [0.3, 0.4) is 0 Å². The van der Waals surface area contributed by atoms with Crippen LogP contribution in [-0.4, -0.2) is 20.8 Å². The highest BCUT2D eigenvalue weighted by molar-refractivity contribution is 5.25. The van der Waals surface area contributed by atoms with E-state index < -0.39 is 0 Å². The second kappa shape index (κ2) is 4.58. The van der Waals surface area contributed by atoms with Gasteiger partial charge in [-0.2, -0.15) is 0 Å². The third-order valence-corrected chi connectivity index (χ3v) is 3.63. The zero-order chi connectivity index (χ0) is 12.5.